The number of aromatic nitrogens is 3. The van der Waals surface area contributed by atoms with E-state index >= 15 is 0 Å². The number of nitro groups is 1. The van der Waals surface area contributed by atoms with Crippen molar-refractivity contribution in [3.05, 3.63) is 111 Å². The number of carboxylic acids is 1. The van der Waals surface area contributed by atoms with E-state index in [-0.39, 0.29) is 5.69 Å². The molecule has 0 saturated carbocycles. The number of nitrogens with zero attached hydrogens (tertiary/aromatic N) is 4. The molecular formula is C29H30N4O5S. The van der Waals surface area contributed by atoms with Crippen molar-refractivity contribution >= 4 is 23.4 Å². The molecule has 0 aliphatic rings. The summed E-state index contributed by atoms with van der Waals surface area (Å²) in [5.74, 6) is 0.922. The summed E-state index contributed by atoms with van der Waals surface area (Å²) >= 11 is 1.53. The molecule has 39 heavy (non-hydrogen) atoms. The van der Waals surface area contributed by atoms with Gasteiger partial charge in [-0.3, -0.25) is 10.1 Å². The minimum Gasteiger partial charge on any atom is -0.478 e. The molecule has 0 fully saturated rings. The molecule has 1 atom stereocenters. The fraction of sp³-hybridized carbons (Fsp3) is 0.276. The number of hydrogen-bond donors (Lipinski definition) is 1. The van der Waals surface area contributed by atoms with Crippen LogP contribution in [0, 0.1) is 17.0 Å². The van der Waals surface area contributed by atoms with Crippen molar-refractivity contribution in [2.75, 3.05) is 0 Å². The van der Waals surface area contributed by atoms with Gasteiger partial charge >= 0.3 is 5.97 Å². The fourth-order valence-electron chi connectivity index (χ4n) is 4.09. The normalized spacial score (nSPS) is 11.7. The molecular weight excluding hydrogens is 516 g/mol. The lowest BCUT2D eigenvalue weighted by molar-refractivity contribution is -0.384. The van der Waals surface area contributed by atoms with Crippen LogP contribution in [0.4, 0.5) is 5.69 Å². The topological polar surface area (TPSA) is 120 Å². The standard InChI is InChI=1S/C29H30N4O5S/c1-3-4-9-26-30-31-29(39-19-22-10-14-23(15-11-22)33(36)37)32(26)18-21-12-16-24(17-13-21)38-27(28(34)35)25-8-6-5-7-20(25)2/h5-8,10-17,27H,3-4,9,18-19H2,1-2H3,(H,34,35). The van der Waals surface area contributed by atoms with Crippen molar-refractivity contribution in [3.63, 3.8) is 0 Å². The SMILES string of the molecule is CCCCc1nnc(SCc2ccc([N+](=O)[O-])cc2)n1Cc1ccc(OC(C(=O)O)c2ccccc2C)cc1. The van der Waals surface area contributed by atoms with Crippen LogP contribution in [0.5, 0.6) is 5.75 Å². The van der Waals surface area contributed by atoms with Gasteiger partial charge in [0.2, 0.25) is 6.10 Å². The van der Waals surface area contributed by atoms with Crippen molar-refractivity contribution in [2.24, 2.45) is 0 Å². The van der Waals surface area contributed by atoms with Gasteiger partial charge in [-0.2, -0.15) is 0 Å². The molecule has 0 aliphatic heterocycles. The smallest absolute Gasteiger partial charge is 0.349 e. The number of benzene rings is 3. The Morgan fingerprint density at radius 2 is 1.74 bits per heavy atom. The zero-order valence-electron chi connectivity index (χ0n) is 21.8. The highest BCUT2D eigenvalue weighted by molar-refractivity contribution is 7.98. The van der Waals surface area contributed by atoms with Crippen LogP contribution in [0.1, 0.15) is 53.9 Å². The lowest BCUT2D eigenvalue weighted by Gasteiger charge is -2.18. The van der Waals surface area contributed by atoms with E-state index in [1.807, 2.05) is 31.2 Å². The van der Waals surface area contributed by atoms with E-state index in [9.17, 15) is 20.0 Å². The number of aliphatic carboxylic acids is 1. The summed E-state index contributed by atoms with van der Waals surface area (Å²) in [5, 5.41) is 30.3. The maximum Gasteiger partial charge on any atom is 0.349 e. The number of carboxylic acid groups (broad SMARTS) is 1. The second kappa shape index (κ2) is 13.1. The molecule has 0 spiro atoms. The molecule has 9 nitrogen and oxygen atoms in total. The van der Waals surface area contributed by atoms with Gasteiger partial charge in [0.05, 0.1) is 11.5 Å². The zero-order chi connectivity index (χ0) is 27.8. The number of aryl methyl sites for hydroxylation is 2. The van der Waals surface area contributed by atoms with Crippen molar-refractivity contribution < 1.29 is 19.6 Å². The molecule has 0 aliphatic carbocycles. The highest BCUT2D eigenvalue weighted by atomic mass is 32.2. The average molecular weight is 547 g/mol. The van der Waals surface area contributed by atoms with Crippen LogP contribution in [0.3, 0.4) is 0 Å². The summed E-state index contributed by atoms with van der Waals surface area (Å²) in [5.41, 5.74) is 3.49. The van der Waals surface area contributed by atoms with Crippen LogP contribution in [0.2, 0.25) is 0 Å². The zero-order valence-corrected chi connectivity index (χ0v) is 22.6. The van der Waals surface area contributed by atoms with Crippen LogP contribution in [0.25, 0.3) is 0 Å². The van der Waals surface area contributed by atoms with E-state index in [2.05, 4.69) is 21.7 Å². The first-order valence-electron chi connectivity index (χ1n) is 12.7. The van der Waals surface area contributed by atoms with E-state index in [0.717, 1.165) is 46.9 Å². The Balaban J connectivity index is 1.49. The van der Waals surface area contributed by atoms with Gasteiger partial charge in [0.15, 0.2) is 5.16 Å². The number of non-ortho nitro benzene ring substituents is 1. The Bertz CT molecular complexity index is 1420. The number of thioether (sulfide) groups is 1. The molecule has 0 bridgehead atoms. The monoisotopic (exact) mass is 546 g/mol. The number of unbranched alkanes of at least 4 members (excludes halogenated alkanes) is 1. The van der Waals surface area contributed by atoms with Gasteiger partial charge in [-0.15, -0.1) is 10.2 Å². The fourth-order valence-corrected chi connectivity index (χ4v) is 5.00. The van der Waals surface area contributed by atoms with E-state index in [4.69, 9.17) is 4.74 Å². The Kier molecular flexibility index (Phi) is 9.32. The number of ether oxygens (including phenoxy) is 1. The second-order valence-electron chi connectivity index (χ2n) is 9.14. The molecule has 1 aromatic heterocycles. The third-order valence-electron chi connectivity index (χ3n) is 6.28. The minimum atomic E-state index is -1.10. The molecule has 10 heteroatoms. The first-order valence-corrected chi connectivity index (χ1v) is 13.7. The third-order valence-corrected chi connectivity index (χ3v) is 7.31. The van der Waals surface area contributed by atoms with E-state index in [1.54, 1.807) is 36.4 Å². The van der Waals surface area contributed by atoms with Gasteiger partial charge in [0.1, 0.15) is 11.6 Å². The van der Waals surface area contributed by atoms with Crippen molar-refractivity contribution in [1.82, 2.24) is 14.8 Å². The minimum absolute atomic E-state index is 0.0646. The molecule has 202 valence electrons. The van der Waals surface area contributed by atoms with Crippen molar-refractivity contribution in [3.8, 4) is 5.75 Å². The summed E-state index contributed by atoms with van der Waals surface area (Å²) < 4.78 is 7.96. The van der Waals surface area contributed by atoms with Crippen LogP contribution in [0.15, 0.2) is 78.0 Å². The Morgan fingerprint density at radius 3 is 2.38 bits per heavy atom. The molecule has 4 aromatic rings. The van der Waals surface area contributed by atoms with Crippen LogP contribution in [-0.2, 0) is 23.5 Å². The Hall–Kier alpha value is -4.18. The van der Waals surface area contributed by atoms with Gasteiger partial charge in [-0.1, -0.05) is 73.6 Å². The molecule has 1 heterocycles. The maximum atomic E-state index is 11.9. The highest BCUT2D eigenvalue weighted by Crippen LogP contribution is 2.27. The quantitative estimate of drug-likeness (QED) is 0.116. The van der Waals surface area contributed by atoms with Gasteiger partial charge < -0.3 is 14.4 Å². The predicted octanol–water partition coefficient (Wildman–Crippen LogP) is 6.38. The molecule has 1 N–H and O–H groups in total. The molecule has 0 saturated heterocycles. The van der Waals surface area contributed by atoms with E-state index in [1.165, 1.54) is 23.9 Å². The number of carbonyl (C=O) groups is 1. The van der Waals surface area contributed by atoms with Gasteiger partial charge in [0, 0.05) is 29.9 Å². The number of rotatable bonds is 13. The second-order valence-corrected chi connectivity index (χ2v) is 10.1. The number of nitro benzene ring substituents is 1. The Morgan fingerprint density at radius 1 is 1.05 bits per heavy atom. The lowest BCUT2D eigenvalue weighted by atomic mass is 10.0. The average Bonchev–Trinajstić information content (AvgIpc) is 3.31. The predicted molar refractivity (Wildman–Crippen MR) is 149 cm³/mol. The molecule has 3 aromatic carbocycles. The summed E-state index contributed by atoms with van der Waals surface area (Å²) in [6.07, 6.45) is 1.74. The van der Waals surface area contributed by atoms with Gasteiger partial charge in [-0.25, -0.2) is 4.79 Å². The van der Waals surface area contributed by atoms with E-state index < -0.39 is 17.0 Å². The third kappa shape index (κ3) is 7.23. The lowest BCUT2D eigenvalue weighted by Crippen LogP contribution is -2.19. The van der Waals surface area contributed by atoms with Crippen LogP contribution in [-0.4, -0.2) is 30.8 Å². The summed E-state index contributed by atoms with van der Waals surface area (Å²) in [6, 6.07) is 21.2. The Labute approximate surface area is 231 Å². The first kappa shape index (κ1) is 27.8. The maximum absolute atomic E-state index is 11.9. The van der Waals surface area contributed by atoms with E-state index in [0.29, 0.717) is 23.6 Å². The molecule has 4 rings (SSSR count). The molecule has 0 radical (unpaired) electrons. The summed E-state index contributed by atoms with van der Waals surface area (Å²) in [4.78, 5) is 22.4. The first-order chi connectivity index (χ1) is 18.9. The summed E-state index contributed by atoms with van der Waals surface area (Å²) in [7, 11) is 0. The summed E-state index contributed by atoms with van der Waals surface area (Å²) in [6.45, 7) is 4.55. The van der Waals surface area contributed by atoms with Gasteiger partial charge in [0.25, 0.3) is 5.69 Å². The van der Waals surface area contributed by atoms with Crippen LogP contribution < -0.4 is 4.74 Å². The van der Waals surface area contributed by atoms with Crippen molar-refractivity contribution in [1.29, 1.82) is 0 Å². The van der Waals surface area contributed by atoms with Gasteiger partial charge in [-0.05, 0) is 42.2 Å². The van der Waals surface area contributed by atoms with Crippen LogP contribution >= 0.6 is 11.8 Å². The van der Waals surface area contributed by atoms with Crippen molar-refractivity contribution in [2.45, 2.75) is 56.7 Å². The largest absolute Gasteiger partial charge is 0.478 e. The number of hydrogen-bond acceptors (Lipinski definition) is 7. The highest BCUT2D eigenvalue weighted by Gasteiger charge is 2.23. The molecule has 0 amide bonds. The molecule has 1 unspecified atom stereocenters.